The summed E-state index contributed by atoms with van der Waals surface area (Å²) in [5, 5.41) is 0. The number of nitrogens with zero attached hydrogens (tertiary/aromatic N) is 2. The zero-order valence-corrected chi connectivity index (χ0v) is 9.62. The van der Waals surface area contributed by atoms with E-state index in [1.54, 1.807) is 0 Å². The van der Waals surface area contributed by atoms with E-state index in [9.17, 15) is 0 Å². The molecule has 0 aliphatic carbocycles. The quantitative estimate of drug-likeness (QED) is 0.285. The summed E-state index contributed by atoms with van der Waals surface area (Å²) in [6, 6.07) is 0.822. The third-order valence-corrected chi connectivity index (χ3v) is 2.57. The Morgan fingerprint density at radius 2 is 2.14 bits per heavy atom. The minimum atomic E-state index is 0.282. The van der Waals surface area contributed by atoms with Crippen LogP contribution >= 0.6 is 0 Å². The molecule has 82 valence electrons. The lowest BCUT2D eigenvalue weighted by Crippen LogP contribution is -2.46. The van der Waals surface area contributed by atoms with E-state index in [0.717, 1.165) is 18.4 Å². The van der Waals surface area contributed by atoms with Gasteiger partial charge < -0.3 is 4.90 Å². The van der Waals surface area contributed by atoms with Crippen LogP contribution in [0, 0.1) is 5.92 Å². The molecule has 4 heteroatoms. The Morgan fingerprint density at radius 3 is 2.50 bits per heavy atom. The highest BCUT2D eigenvalue weighted by molar-refractivity contribution is 5.80. The van der Waals surface area contributed by atoms with Gasteiger partial charge in [-0.2, -0.15) is 0 Å². The van der Waals surface area contributed by atoms with Crippen molar-refractivity contribution in [2.45, 2.75) is 46.2 Å². The maximum atomic E-state index is 5.49. The highest BCUT2D eigenvalue weighted by Crippen LogP contribution is 2.22. The molecule has 0 spiro atoms. The molecule has 14 heavy (non-hydrogen) atoms. The van der Waals surface area contributed by atoms with E-state index in [2.05, 4.69) is 43.0 Å². The maximum Gasteiger partial charge on any atom is 0.208 e. The Morgan fingerprint density at radius 1 is 1.50 bits per heavy atom. The lowest BCUT2D eigenvalue weighted by molar-refractivity contribution is 0.393. The molecule has 0 bridgehead atoms. The number of hydrogen-bond donors (Lipinski definition) is 2. The van der Waals surface area contributed by atoms with Gasteiger partial charge in [0, 0.05) is 18.6 Å². The highest BCUT2D eigenvalue weighted by atomic mass is 15.4. The van der Waals surface area contributed by atoms with E-state index < -0.39 is 0 Å². The van der Waals surface area contributed by atoms with Crippen LogP contribution in [0.3, 0.4) is 0 Å². The number of guanidine groups is 1. The van der Waals surface area contributed by atoms with Gasteiger partial charge in [-0.05, 0) is 33.1 Å². The van der Waals surface area contributed by atoms with Gasteiger partial charge in [-0.1, -0.05) is 6.92 Å². The van der Waals surface area contributed by atoms with Crippen LogP contribution in [0.4, 0.5) is 0 Å². The van der Waals surface area contributed by atoms with Crippen molar-refractivity contribution in [3.63, 3.8) is 0 Å². The molecule has 1 fully saturated rings. The lowest BCUT2D eigenvalue weighted by Gasteiger charge is -2.25. The molecular weight excluding hydrogens is 176 g/mol. The fourth-order valence-electron chi connectivity index (χ4n) is 2.03. The molecule has 1 aliphatic rings. The Balaban J connectivity index is 2.70. The molecule has 0 aromatic heterocycles. The van der Waals surface area contributed by atoms with Crippen LogP contribution in [0.25, 0.3) is 0 Å². The second kappa shape index (κ2) is 4.64. The molecule has 1 saturated heterocycles. The molecular formula is C10H22N4. The van der Waals surface area contributed by atoms with Gasteiger partial charge in [0.05, 0.1) is 0 Å². The van der Waals surface area contributed by atoms with Gasteiger partial charge in [-0.3, -0.25) is 5.43 Å². The zero-order valence-electron chi connectivity index (χ0n) is 9.62. The molecule has 0 aromatic carbocycles. The molecule has 1 heterocycles. The summed E-state index contributed by atoms with van der Waals surface area (Å²) >= 11 is 0. The fraction of sp³-hybridized carbons (Fsp3) is 0.900. The third kappa shape index (κ3) is 2.61. The molecule has 0 amide bonds. The van der Waals surface area contributed by atoms with Crippen molar-refractivity contribution in [1.29, 1.82) is 0 Å². The summed E-state index contributed by atoms with van der Waals surface area (Å²) < 4.78 is 0. The van der Waals surface area contributed by atoms with Crippen LogP contribution < -0.4 is 11.3 Å². The predicted octanol–water partition coefficient (Wildman–Crippen LogP) is 0.944. The summed E-state index contributed by atoms with van der Waals surface area (Å²) in [5.41, 5.74) is 2.70. The summed E-state index contributed by atoms with van der Waals surface area (Å²) in [4.78, 5) is 6.72. The smallest absolute Gasteiger partial charge is 0.208 e. The Kier molecular flexibility index (Phi) is 3.75. The van der Waals surface area contributed by atoms with Gasteiger partial charge in [0.15, 0.2) is 0 Å². The molecule has 2 atom stereocenters. The maximum absolute atomic E-state index is 5.49. The number of hydrogen-bond acceptors (Lipinski definition) is 2. The topological polar surface area (TPSA) is 53.6 Å². The largest absolute Gasteiger partial charge is 0.339 e. The summed E-state index contributed by atoms with van der Waals surface area (Å²) in [5.74, 6) is 7.05. The van der Waals surface area contributed by atoms with Crippen molar-refractivity contribution in [3.8, 4) is 0 Å². The number of likely N-dealkylation sites (tertiary alicyclic amines) is 1. The normalized spacial score (nSPS) is 28.7. The lowest BCUT2D eigenvalue weighted by atomic mass is 10.1. The van der Waals surface area contributed by atoms with Gasteiger partial charge in [0.25, 0.3) is 0 Å². The van der Waals surface area contributed by atoms with Crippen LogP contribution in [0.15, 0.2) is 4.99 Å². The first-order chi connectivity index (χ1) is 6.54. The monoisotopic (exact) mass is 198 g/mol. The Hall–Kier alpha value is -0.770. The second-order valence-electron chi connectivity index (χ2n) is 4.53. The van der Waals surface area contributed by atoms with Gasteiger partial charge in [-0.15, -0.1) is 0 Å². The van der Waals surface area contributed by atoms with E-state index in [1.165, 1.54) is 6.42 Å². The summed E-state index contributed by atoms with van der Waals surface area (Å²) in [6.45, 7) is 9.65. The molecule has 0 radical (unpaired) electrons. The Bertz CT molecular complexity index is 212. The van der Waals surface area contributed by atoms with Crippen LogP contribution in [-0.4, -0.2) is 29.5 Å². The average Bonchev–Trinajstić information content (AvgIpc) is 2.41. The standard InChI is InChI=1S/C10H22N4/c1-7(2)12-10(13-11)14-6-8(3)5-9(14)4/h7-9H,5-6,11H2,1-4H3,(H,12,13). The number of nitrogens with one attached hydrogen (secondary N) is 1. The molecule has 0 aromatic rings. The van der Waals surface area contributed by atoms with Crippen LogP contribution in [0.1, 0.15) is 34.1 Å². The van der Waals surface area contributed by atoms with Crippen molar-refractivity contribution < 1.29 is 0 Å². The average molecular weight is 198 g/mol. The van der Waals surface area contributed by atoms with Crippen molar-refractivity contribution in [2.24, 2.45) is 16.8 Å². The van der Waals surface area contributed by atoms with Crippen LogP contribution in [-0.2, 0) is 0 Å². The fourth-order valence-corrected chi connectivity index (χ4v) is 2.03. The van der Waals surface area contributed by atoms with Crippen LogP contribution in [0.2, 0.25) is 0 Å². The second-order valence-corrected chi connectivity index (χ2v) is 4.53. The molecule has 0 saturated carbocycles. The first-order valence-corrected chi connectivity index (χ1v) is 5.35. The molecule has 4 nitrogen and oxygen atoms in total. The number of rotatable bonds is 1. The van der Waals surface area contributed by atoms with Gasteiger partial charge in [0.2, 0.25) is 5.96 Å². The first kappa shape index (κ1) is 11.3. The van der Waals surface area contributed by atoms with Crippen molar-refractivity contribution in [3.05, 3.63) is 0 Å². The first-order valence-electron chi connectivity index (χ1n) is 5.35. The highest BCUT2D eigenvalue weighted by Gasteiger charge is 2.28. The van der Waals surface area contributed by atoms with Crippen LogP contribution in [0.5, 0.6) is 0 Å². The SMILES string of the molecule is CC1CC(C)N(C(=NC(C)C)NN)C1. The van der Waals surface area contributed by atoms with Gasteiger partial charge in [-0.25, -0.2) is 10.8 Å². The van der Waals surface area contributed by atoms with Crippen molar-refractivity contribution >= 4 is 5.96 Å². The minimum absolute atomic E-state index is 0.282. The molecule has 1 rings (SSSR count). The number of nitrogens with two attached hydrogens (primary N) is 1. The number of hydrazine groups is 1. The third-order valence-electron chi connectivity index (χ3n) is 2.57. The number of aliphatic imine (C=N–C) groups is 1. The van der Waals surface area contributed by atoms with Gasteiger partial charge in [0.1, 0.15) is 0 Å². The van der Waals surface area contributed by atoms with Gasteiger partial charge >= 0.3 is 0 Å². The van der Waals surface area contributed by atoms with E-state index in [1.807, 2.05) is 0 Å². The summed E-state index contributed by atoms with van der Waals surface area (Å²) in [7, 11) is 0. The van der Waals surface area contributed by atoms with E-state index >= 15 is 0 Å². The van der Waals surface area contributed by atoms with Crippen molar-refractivity contribution in [2.75, 3.05) is 6.54 Å². The molecule has 3 N–H and O–H groups in total. The van der Waals surface area contributed by atoms with E-state index in [-0.39, 0.29) is 6.04 Å². The zero-order chi connectivity index (χ0) is 10.7. The molecule has 1 aliphatic heterocycles. The minimum Gasteiger partial charge on any atom is -0.339 e. The van der Waals surface area contributed by atoms with E-state index in [0.29, 0.717) is 6.04 Å². The summed E-state index contributed by atoms with van der Waals surface area (Å²) in [6.07, 6.45) is 1.22. The van der Waals surface area contributed by atoms with Crippen molar-refractivity contribution in [1.82, 2.24) is 10.3 Å². The molecule has 2 unspecified atom stereocenters. The van der Waals surface area contributed by atoms with E-state index in [4.69, 9.17) is 5.84 Å². The Labute approximate surface area is 86.5 Å². The predicted molar refractivity (Wildman–Crippen MR) is 59.8 cm³/mol.